The summed E-state index contributed by atoms with van der Waals surface area (Å²) in [6, 6.07) is 12.3. The van der Waals surface area contributed by atoms with Crippen LogP contribution in [0.25, 0.3) is 11.1 Å². The van der Waals surface area contributed by atoms with Crippen LogP contribution in [0.1, 0.15) is 6.92 Å². The van der Waals surface area contributed by atoms with E-state index in [-0.39, 0.29) is 5.69 Å². The van der Waals surface area contributed by atoms with Crippen molar-refractivity contribution in [3.63, 3.8) is 0 Å². The van der Waals surface area contributed by atoms with Gasteiger partial charge in [-0.1, -0.05) is 24.3 Å². The zero-order chi connectivity index (χ0) is 12.3. The van der Waals surface area contributed by atoms with Crippen LogP contribution < -0.4 is 10.5 Å². The van der Waals surface area contributed by atoms with Gasteiger partial charge in [-0.15, -0.1) is 0 Å². The lowest BCUT2D eigenvalue weighted by molar-refractivity contribution is 0.341. The molecule has 2 aromatic carbocycles. The Kier molecular flexibility index (Phi) is 3.28. The summed E-state index contributed by atoms with van der Waals surface area (Å²) in [5.41, 5.74) is 7.25. The second kappa shape index (κ2) is 4.87. The predicted octanol–water partition coefficient (Wildman–Crippen LogP) is 3.47. The Bertz CT molecular complexity index is 525. The number of hydrogen-bond acceptors (Lipinski definition) is 2. The normalized spacial score (nSPS) is 10.2. The van der Waals surface area contributed by atoms with Crippen LogP contribution in [0.5, 0.6) is 5.75 Å². The predicted molar refractivity (Wildman–Crippen MR) is 67.4 cm³/mol. The van der Waals surface area contributed by atoms with Crippen molar-refractivity contribution in [2.24, 2.45) is 0 Å². The first-order valence-electron chi connectivity index (χ1n) is 5.49. The van der Waals surface area contributed by atoms with Crippen molar-refractivity contribution in [3.8, 4) is 16.9 Å². The van der Waals surface area contributed by atoms with E-state index in [9.17, 15) is 4.39 Å². The first kappa shape index (κ1) is 11.5. The molecule has 0 bridgehead atoms. The van der Waals surface area contributed by atoms with Crippen molar-refractivity contribution >= 4 is 5.69 Å². The average Bonchev–Trinajstić information content (AvgIpc) is 2.34. The van der Waals surface area contributed by atoms with Crippen molar-refractivity contribution in [1.82, 2.24) is 0 Å². The molecule has 3 heteroatoms. The van der Waals surface area contributed by atoms with Gasteiger partial charge in [0.25, 0.3) is 0 Å². The van der Waals surface area contributed by atoms with E-state index >= 15 is 0 Å². The summed E-state index contributed by atoms with van der Waals surface area (Å²) in [6.45, 7) is 2.49. The van der Waals surface area contributed by atoms with Crippen LogP contribution in [0.2, 0.25) is 0 Å². The van der Waals surface area contributed by atoms with Gasteiger partial charge < -0.3 is 10.5 Å². The van der Waals surface area contributed by atoms with Gasteiger partial charge >= 0.3 is 0 Å². The third kappa shape index (κ3) is 2.38. The smallest absolute Gasteiger partial charge is 0.146 e. The van der Waals surface area contributed by atoms with Crippen LogP contribution in [0.3, 0.4) is 0 Å². The number of benzene rings is 2. The second-order valence-electron chi connectivity index (χ2n) is 3.67. The molecule has 0 radical (unpaired) electrons. The molecular weight excluding hydrogens is 217 g/mol. The molecule has 0 saturated heterocycles. The van der Waals surface area contributed by atoms with Crippen molar-refractivity contribution in [2.45, 2.75) is 6.92 Å². The second-order valence-corrected chi connectivity index (χ2v) is 3.67. The van der Waals surface area contributed by atoms with Gasteiger partial charge in [0.1, 0.15) is 11.6 Å². The van der Waals surface area contributed by atoms with Crippen LogP contribution in [-0.4, -0.2) is 6.61 Å². The fraction of sp³-hybridized carbons (Fsp3) is 0.143. The maximum Gasteiger partial charge on any atom is 0.146 e. The fourth-order valence-electron chi connectivity index (χ4n) is 1.68. The molecular formula is C14H14FNO. The summed E-state index contributed by atoms with van der Waals surface area (Å²) >= 11 is 0. The molecule has 0 aliphatic heterocycles. The zero-order valence-corrected chi connectivity index (χ0v) is 9.61. The topological polar surface area (TPSA) is 35.2 Å². The lowest BCUT2D eigenvalue weighted by Crippen LogP contribution is -1.95. The first-order valence-corrected chi connectivity index (χ1v) is 5.49. The highest BCUT2D eigenvalue weighted by atomic mass is 19.1. The molecule has 2 rings (SSSR count). The molecule has 2 nitrogen and oxygen atoms in total. The molecule has 0 aliphatic carbocycles. The zero-order valence-electron chi connectivity index (χ0n) is 9.61. The third-order valence-corrected chi connectivity index (χ3v) is 2.50. The summed E-state index contributed by atoms with van der Waals surface area (Å²) in [7, 11) is 0. The molecule has 0 spiro atoms. The number of nitrogen functional groups attached to an aromatic ring is 1. The van der Waals surface area contributed by atoms with Crippen LogP contribution in [-0.2, 0) is 0 Å². The van der Waals surface area contributed by atoms with Gasteiger partial charge in [-0.25, -0.2) is 4.39 Å². The largest absolute Gasteiger partial charge is 0.493 e. The molecule has 0 aliphatic rings. The SMILES string of the molecule is CCOc1ccccc1-c1ccc(N)c(F)c1. The van der Waals surface area contributed by atoms with E-state index in [1.807, 2.05) is 31.2 Å². The van der Waals surface area contributed by atoms with Crippen LogP contribution in [0.15, 0.2) is 42.5 Å². The molecule has 0 fully saturated rings. The molecule has 0 amide bonds. The Morgan fingerprint density at radius 1 is 1.18 bits per heavy atom. The fourth-order valence-corrected chi connectivity index (χ4v) is 1.68. The van der Waals surface area contributed by atoms with E-state index in [2.05, 4.69) is 0 Å². The lowest BCUT2D eigenvalue weighted by Gasteiger charge is -2.10. The van der Waals surface area contributed by atoms with E-state index in [1.54, 1.807) is 12.1 Å². The number of ether oxygens (including phenoxy) is 1. The maximum absolute atomic E-state index is 13.4. The van der Waals surface area contributed by atoms with Gasteiger partial charge in [0.05, 0.1) is 12.3 Å². The minimum Gasteiger partial charge on any atom is -0.493 e. The van der Waals surface area contributed by atoms with Crippen molar-refractivity contribution < 1.29 is 9.13 Å². The van der Waals surface area contributed by atoms with Gasteiger partial charge in [0, 0.05) is 5.56 Å². The Labute approximate surface area is 99.8 Å². The first-order chi connectivity index (χ1) is 8.22. The highest BCUT2D eigenvalue weighted by Gasteiger charge is 2.07. The van der Waals surface area contributed by atoms with E-state index < -0.39 is 5.82 Å². The monoisotopic (exact) mass is 231 g/mol. The van der Waals surface area contributed by atoms with Gasteiger partial charge in [0.15, 0.2) is 0 Å². The standard InChI is InChI=1S/C14H14FNO/c1-2-17-14-6-4-3-5-11(14)10-7-8-13(16)12(15)9-10/h3-9H,2,16H2,1H3. The highest BCUT2D eigenvalue weighted by molar-refractivity contribution is 5.71. The van der Waals surface area contributed by atoms with E-state index in [0.29, 0.717) is 6.61 Å². The quantitative estimate of drug-likeness (QED) is 0.821. The van der Waals surface area contributed by atoms with Crippen LogP contribution in [0, 0.1) is 5.82 Å². The Morgan fingerprint density at radius 2 is 1.94 bits per heavy atom. The molecule has 88 valence electrons. The number of nitrogens with two attached hydrogens (primary N) is 1. The summed E-state index contributed by atoms with van der Waals surface area (Å²) < 4.78 is 18.9. The molecule has 0 aromatic heterocycles. The summed E-state index contributed by atoms with van der Waals surface area (Å²) in [5, 5.41) is 0. The van der Waals surface area contributed by atoms with Crippen molar-refractivity contribution in [2.75, 3.05) is 12.3 Å². The number of rotatable bonds is 3. The number of anilines is 1. The van der Waals surface area contributed by atoms with Crippen molar-refractivity contribution in [1.29, 1.82) is 0 Å². The summed E-state index contributed by atoms with van der Waals surface area (Å²) in [6.07, 6.45) is 0. The van der Waals surface area contributed by atoms with E-state index in [0.717, 1.165) is 16.9 Å². The Balaban J connectivity index is 2.48. The van der Waals surface area contributed by atoms with Crippen molar-refractivity contribution in [3.05, 3.63) is 48.3 Å². The lowest BCUT2D eigenvalue weighted by atomic mass is 10.0. The number of para-hydroxylation sites is 1. The molecule has 2 N–H and O–H groups in total. The van der Waals surface area contributed by atoms with E-state index in [4.69, 9.17) is 10.5 Å². The van der Waals surface area contributed by atoms with Crippen LogP contribution >= 0.6 is 0 Å². The molecule has 17 heavy (non-hydrogen) atoms. The minimum atomic E-state index is -0.409. The minimum absolute atomic E-state index is 0.155. The van der Waals surface area contributed by atoms with Gasteiger partial charge in [-0.05, 0) is 30.7 Å². The van der Waals surface area contributed by atoms with Gasteiger partial charge in [-0.3, -0.25) is 0 Å². The molecule has 0 heterocycles. The molecule has 2 aromatic rings. The molecule has 0 unspecified atom stereocenters. The third-order valence-electron chi connectivity index (χ3n) is 2.50. The highest BCUT2D eigenvalue weighted by Crippen LogP contribution is 2.31. The summed E-state index contributed by atoms with van der Waals surface area (Å²) in [5.74, 6) is 0.341. The van der Waals surface area contributed by atoms with Gasteiger partial charge in [-0.2, -0.15) is 0 Å². The average molecular weight is 231 g/mol. The molecule has 0 saturated carbocycles. The molecule has 0 atom stereocenters. The van der Waals surface area contributed by atoms with E-state index in [1.165, 1.54) is 6.07 Å². The number of hydrogen-bond donors (Lipinski definition) is 1. The Morgan fingerprint density at radius 3 is 2.65 bits per heavy atom. The Hall–Kier alpha value is -2.03. The number of halogens is 1. The summed E-state index contributed by atoms with van der Waals surface area (Å²) in [4.78, 5) is 0. The van der Waals surface area contributed by atoms with Gasteiger partial charge in [0.2, 0.25) is 0 Å². The maximum atomic E-state index is 13.4. The van der Waals surface area contributed by atoms with Crippen LogP contribution in [0.4, 0.5) is 10.1 Å².